The minimum Gasteiger partial charge on any atom is -0.497 e. The molecule has 9 nitrogen and oxygen atoms in total. The summed E-state index contributed by atoms with van der Waals surface area (Å²) < 4.78 is 5.36. The molecular formula is C23H24N6O3. The van der Waals surface area contributed by atoms with Gasteiger partial charge in [0, 0.05) is 37.1 Å². The number of aromatic nitrogens is 2. The number of carbonyl (C=O) groups is 2. The van der Waals surface area contributed by atoms with Crippen molar-refractivity contribution in [1.82, 2.24) is 9.97 Å². The Hall–Kier alpha value is -4.14. The molecule has 2 N–H and O–H groups in total. The Kier molecular flexibility index (Phi) is 5.63. The molecule has 0 unspecified atom stereocenters. The fourth-order valence-corrected chi connectivity index (χ4v) is 3.61. The van der Waals surface area contributed by atoms with Gasteiger partial charge in [0.2, 0.25) is 17.8 Å². The number of rotatable bonds is 5. The first kappa shape index (κ1) is 21.1. The molecule has 0 bridgehead atoms. The van der Waals surface area contributed by atoms with E-state index in [1.54, 1.807) is 37.4 Å². The number of ether oxygens (including phenoxy) is 1. The molecule has 0 radical (unpaired) electrons. The van der Waals surface area contributed by atoms with Crippen molar-refractivity contribution >= 4 is 46.3 Å². The average molecular weight is 432 g/mol. The van der Waals surface area contributed by atoms with E-state index in [4.69, 9.17) is 9.72 Å². The summed E-state index contributed by atoms with van der Waals surface area (Å²) in [5.41, 5.74) is 2.87. The van der Waals surface area contributed by atoms with Crippen molar-refractivity contribution in [3.8, 4) is 5.75 Å². The molecule has 32 heavy (non-hydrogen) atoms. The van der Waals surface area contributed by atoms with Crippen LogP contribution in [-0.4, -0.2) is 42.0 Å². The third kappa shape index (κ3) is 4.04. The molecule has 164 valence electrons. The van der Waals surface area contributed by atoms with E-state index >= 15 is 0 Å². The summed E-state index contributed by atoms with van der Waals surface area (Å²) in [6.45, 7) is 3.31. The third-order valence-corrected chi connectivity index (χ3v) is 5.21. The number of nitrogens with one attached hydrogen (secondary N) is 2. The lowest BCUT2D eigenvalue weighted by Gasteiger charge is -2.39. The number of fused-ring (bicyclic) bond motifs is 1. The number of carbonyl (C=O) groups excluding carboxylic acids is 2. The smallest absolute Gasteiger partial charge is 0.249 e. The number of benzene rings is 2. The number of anilines is 6. The maximum absolute atomic E-state index is 12.9. The number of nitrogens with zero attached hydrogens (tertiary/aromatic N) is 4. The van der Waals surface area contributed by atoms with Gasteiger partial charge in [0.15, 0.2) is 5.82 Å². The van der Waals surface area contributed by atoms with Gasteiger partial charge in [-0.3, -0.25) is 9.59 Å². The van der Waals surface area contributed by atoms with E-state index < -0.39 is 6.04 Å². The minimum atomic E-state index is -0.459. The summed E-state index contributed by atoms with van der Waals surface area (Å²) >= 11 is 0. The number of methoxy groups -OCH3 is 1. The topological polar surface area (TPSA) is 99.7 Å². The van der Waals surface area contributed by atoms with E-state index in [-0.39, 0.29) is 11.8 Å². The molecule has 0 aliphatic carbocycles. The largest absolute Gasteiger partial charge is 0.497 e. The van der Waals surface area contributed by atoms with Crippen LogP contribution < -0.4 is 25.2 Å². The first-order chi connectivity index (χ1) is 15.4. The lowest BCUT2D eigenvalue weighted by Crippen LogP contribution is -2.49. The summed E-state index contributed by atoms with van der Waals surface area (Å²) in [6.07, 6.45) is 1.63. The molecule has 3 aromatic rings. The number of amides is 2. The highest BCUT2D eigenvalue weighted by Gasteiger charge is 2.36. The van der Waals surface area contributed by atoms with Gasteiger partial charge in [-0.15, -0.1) is 0 Å². The van der Waals surface area contributed by atoms with Gasteiger partial charge < -0.3 is 25.2 Å². The van der Waals surface area contributed by atoms with E-state index in [1.165, 1.54) is 6.92 Å². The van der Waals surface area contributed by atoms with Gasteiger partial charge in [0.05, 0.1) is 13.3 Å². The predicted molar refractivity (Wildman–Crippen MR) is 124 cm³/mol. The Bertz CT molecular complexity index is 1160. The number of hydrogen-bond donors (Lipinski definition) is 2. The molecule has 0 spiro atoms. The van der Waals surface area contributed by atoms with Crippen LogP contribution in [-0.2, 0) is 9.59 Å². The molecule has 2 amide bonds. The first-order valence-corrected chi connectivity index (χ1v) is 10.1. The minimum absolute atomic E-state index is 0.0572. The van der Waals surface area contributed by atoms with Crippen LogP contribution in [0.5, 0.6) is 5.75 Å². The summed E-state index contributed by atoms with van der Waals surface area (Å²) in [6, 6.07) is 14.3. The van der Waals surface area contributed by atoms with E-state index in [2.05, 4.69) is 15.6 Å². The van der Waals surface area contributed by atoms with Gasteiger partial charge in [-0.2, -0.15) is 4.98 Å². The summed E-state index contributed by atoms with van der Waals surface area (Å²) in [4.78, 5) is 36.6. The average Bonchev–Trinajstić information content (AvgIpc) is 2.79. The molecule has 9 heteroatoms. The highest BCUT2D eigenvalue weighted by molar-refractivity contribution is 6.06. The molecule has 1 aliphatic heterocycles. The van der Waals surface area contributed by atoms with Gasteiger partial charge in [-0.1, -0.05) is 6.07 Å². The van der Waals surface area contributed by atoms with Crippen LogP contribution >= 0.6 is 0 Å². The van der Waals surface area contributed by atoms with E-state index in [9.17, 15) is 9.59 Å². The molecular weight excluding hydrogens is 408 g/mol. The normalized spacial score (nSPS) is 15.2. The van der Waals surface area contributed by atoms with Crippen LogP contribution in [0, 0.1) is 0 Å². The van der Waals surface area contributed by atoms with E-state index in [0.717, 1.165) is 11.4 Å². The van der Waals surface area contributed by atoms with Gasteiger partial charge in [-0.25, -0.2) is 4.98 Å². The second kappa shape index (κ2) is 8.54. The van der Waals surface area contributed by atoms with Crippen LogP contribution in [0.1, 0.15) is 13.8 Å². The summed E-state index contributed by atoms with van der Waals surface area (Å²) in [5, 5.41) is 5.91. The fraction of sp³-hybridized carbons (Fsp3) is 0.217. The molecule has 2 aromatic carbocycles. The molecule has 0 fully saturated rings. The van der Waals surface area contributed by atoms with Crippen molar-refractivity contribution in [3.05, 3.63) is 54.7 Å². The molecule has 1 aromatic heterocycles. The maximum Gasteiger partial charge on any atom is 0.249 e. The Morgan fingerprint density at radius 3 is 2.53 bits per heavy atom. The predicted octanol–water partition coefficient (Wildman–Crippen LogP) is 3.69. The maximum atomic E-state index is 12.9. The molecule has 1 atom stereocenters. The van der Waals surface area contributed by atoms with Gasteiger partial charge in [0.25, 0.3) is 0 Å². The van der Waals surface area contributed by atoms with Crippen LogP contribution in [0.3, 0.4) is 0 Å². The SMILES string of the molecule is COc1cccc(N2c3nc(Nc4ccc(NC(C)=O)cc4)ncc3N(C)C(=O)[C@H]2C)c1. The molecule has 0 saturated carbocycles. The standard InChI is InChI=1S/C23H24N6O3/c1-14-22(31)28(3)20-13-24-23(26-17-10-8-16(9-11-17)25-15(2)30)27-21(20)29(14)18-6-5-7-19(12-18)32-4/h5-14H,1-4H3,(H,25,30)(H,24,26,27)/t14-/m1/s1. The third-order valence-electron chi connectivity index (χ3n) is 5.21. The quantitative estimate of drug-likeness (QED) is 0.634. The lowest BCUT2D eigenvalue weighted by atomic mass is 10.1. The van der Waals surface area contributed by atoms with Gasteiger partial charge >= 0.3 is 0 Å². The fourth-order valence-electron chi connectivity index (χ4n) is 3.61. The highest BCUT2D eigenvalue weighted by Crippen LogP contribution is 2.40. The van der Waals surface area contributed by atoms with Crippen molar-refractivity contribution in [1.29, 1.82) is 0 Å². The second-order valence-corrected chi connectivity index (χ2v) is 7.43. The Labute approximate surface area is 186 Å². The Balaban J connectivity index is 1.70. The van der Waals surface area contributed by atoms with Crippen molar-refractivity contribution in [3.63, 3.8) is 0 Å². The first-order valence-electron chi connectivity index (χ1n) is 10.1. The number of likely N-dealkylation sites (N-methyl/N-ethyl adjacent to an activating group) is 1. The Morgan fingerprint density at radius 1 is 1.12 bits per heavy atom. The van der Waals surface area contributed by atoms with Crippen molar-refractivity contribution in [2.75, 3.05) is 34.6 Å². The molecule has 1 aliphatic rings. The van der Waals surface area contributed by atoms with Crippen molar-refractivity contribution in [2.45, 2.75) is 19.9 Å². The van der Waals surface area contributed by atoms with E-state index in [1.807, 2.05) is 48.2 Å². The van der Waals surface area contributed by atoms with Gasteiger partial charge in [0.1, 0.15) is 17.5 Å². The van der Waals surface area contributed by atoms with Crippen molar-refractivity contribution < 1.29 is 14.3 Å². The van der Waals surface area contributed by atoms with Crippen molar-refractivity contribution in [2.24, 2.45) is 0 Å². The number of hydrogen-bond acceptors (Lipinski definition) is 7. The zero-order valence-electron chi connectivity index (χ0n) is 18.3. The molecule has 2 heterocycles. The van der Waals surface area contributed by atoms with Crippen LogP contribution in [0.4, 0.5) is 34.5 Å². The highest BCUT2D eigenvalue weighted by atomic mass is 16.5. The summed E-state index contributed by atoms with van der Waals surface area (Å²) in [7, 11) is 3.32. The van der Waals surface area contributed by atoms with Crippen LogP contribution in [0.25, 0.3) is 0 Å². The zero-order valence-corrected chi connectivity index (χ0v) is 18.3. The molecule has 0 saturated heterocycles. The summed E-state index contributed by atoms with van der Waals surface area (Å²) in [5.74, 6) is 1.50. The van der Waals surface area contributed by atoms with Crippen LogP contribution in [0.15, 0.2) is 54.7 Å². The van der Waals surface area contributed by atoms with Gasteiger partial charge in [-0.05, 0) is 43.3 Å². The van der Waals surface area contributed by atoms with E-state index in [0.29, 0.717) is 28.9 Å². The monoisotopic (exact) mass is 432 g/mol. The lowest BCUT2D eigenvalue weighted by molar-refractivity contribution is -0.119. The zero-order chi connectivity index (χ0) is 22.8. The Morgan fingerprint density at radius 2 is 1.84 bits per heavy atom. The van der Waals surface area contributed by atoms with Crippen LogP contribution in [0.2, 0.25) is 0 Å². The second-order valence-electron chi connectivity index (χ2n) is 7.43. The molecule has 4 rings (SSSR count).